The minimum absolute atomic E-state index is 0.0768. The van der Waals surface area contributed by atoms with Gasteiger partial charge in [0.25, 0.3) is 0 Å². The van der Waals surface area contributed by atoms with Crippen molar-refractivity contribution in [2.75, 3.05) is 6.61 Å². The lowest BCUT2D eigenvalue weighted by atomic mass is 9.88. The molecule has 0 aromatic heterocycles. The second kappa shape index (κ2) is 10.1. The van der Waals surface area contributed by atoms with Crippen LogP contribution in [-0.4, -0.2) is 41.8 Å². The number of alkyl carbamates (subject to hydrolysis) is 1. The molecule has 0 radical (unpaired) electrons. The van der Waals surface area contributed by atoms with Crippen LogP contribution in [0, 0.1) is 11.3 Å². The zero-order valence-corrected chi connectivity index (χ0v) is 20.5. The van der Waals surface area contributed by atoms with E-state index in [1.165, 1.54) is 0 Å². The maximum atomic E-state index is 13.0. The van der Waals surface area contributed by atoms with Gasteiger partial charge < -0.3 is 20.5 Å². The van der Waals surface area contributed by atoms with Crippen molar-refractivity contribution >= 4 is 18.0 Å². The van der Waals surface area contributed by atoms with Crippen molar-refractivity contribution in [3.05, 3.63) is 59.7 Å². The van der Waals surface area contributed by atoms with Gasteiger partial charge in [0.1, 0.15) is 18.7 Å². The Balaban J connectivity index is 1.40. The molecule has 2 aromatic carbocycles. The van der Waals surface area contributed by atoms with E-state index in [0.29, 0.717) is 12.3 Å². The summed E-state index contributed by atoms with van der Waals surface area (Å²) in [6.45, 7) is 5.92. The molecular formula is C28H34N2O5. The molecule has 186 valence electrons. The summed E-state index contributed by atoms with van der Waals surface area (Å²) < 4.78 is 5.61. The van der Waals surface area contributed by atoms with E-state index in [1.807, 2.05) is 57.2 Å². The number of ether oxygens (including phenoxy) is 1. The molecule has 2 aromatic rings. The number of amides is 2. The zero-order chi connectivity index (χ0) is 25.2. The van der Waals surface area contributed by atoms with E-state index >= 15 is 0 Å². The lowest BCUT2D eigenvalue weighted by Gasteiger charge is -2.26. The van der Waals surface area contributed by atoms with E-state index in [2.05, 4.69) is 22.8 Å². The van der Waals surface area contributed by atoms with Crippen molar-refractivity contribution in [1.29, 1.82) is 0 Å². The third-order valence-electron chi connectivity index (χ3n) is 6.65. The fourth-order valence-corrected chi connectivity index (χ4v) is 4.79. The van der Waals surface area contributed by atoms with Crippen LogP contribution in [0.3, 0.4) is 0 Å². The molecule has 2 aliphatic carbocycles. The van der Waals surface area contributed by atoms with Crippen molar-refractivity contribution < 1.29 is 24.2 Å². The van der Waals surface area contributed by atoms with E-state index < -0.39 is 30.1 Å². The molecule has 2 amide bonds. The van der Waals surface area contributed by atoms with Crippen LogP contribution in [0.5, 0.6) is 0 Å². The van der Waals surface area contributed by atoms with E-state index in [1.54, 1.807) is 0 Å². The third kappa shape index (κ3) is 6.21. The van der Waals surface area contributed by atoms with Crippen LogP contribution < -0.4 is 10.6 Å². The van der Waals surface area contributed by atoms with E-state index in [4.69, 9.17) is 4.74 Å². The summed E-state index contributed by atoms with van der Waals surface area (Å²) in [6, 6.07) is 14.3. The lowest BCUT2D eigenvalue weighted by molar-refractivity contribution is -0.143. The highest BCUT2D eigenvalue weighted by atomic mass is 16.5. The van der Waals surface area contributed by atoms with Gasteiger partial charge in [-0.3, -0.25) is 4.79 Å². The minimum Gasteiger partial charge on any atom is -0.480 e. The van der Waals surface area contributed by atoms with Gasteiger partial charge in [0.05, 0.1) is 0 Å². The fraction of sp³-hybridized carbons (Fsp3) is 0.464. The number of hydrogen-bond donors (Lipinski definition) is 3. The Morgan fingerprint density at radius 1 is 0.943 bits per heavy atom. The monoisotopic (exact) mass is 478 g/mol. The molecule has 2 unspecified atom stereocenters. The molecule has 0 aliphatic heterocycles. The number of carbonyl (C=O) groups excluding carboxylic acids is 2. The van der Waals surface area contributed by atoms with Crippen molar-refractivity contribution in [2.24, 2.45) is 11.3 Å². The van der Waals surface area contributed by atoms with Crippen LogP contribution in [0.4, 0.5) is 4.79 Å². The number of benzene rings is 2. The summed E-state index contributed by atoms with van der Waals surface area (Å²) >= 11 is 0. The van der Waals surface area contributed by atoms with Crippen LogP contribution in [0.2, 0.25) is 0 Å². The SMILES string of the molecule is CC(C)(C)CC(NC(=O)C(CC1CC1)NC(=O)OCC1c2ccccc2-c2ccccc21)C(=O)O. The van der Waals surface area contributed by atoms with Crippen molar-refractivity contribution in [2.45, 2.75) is 64.5 Å². The molecule has 0 spiro atoms. The Bertz CT molecular complexity index is 1060. The molecule has 2 atom stereocenters. The Kier molecular flexibility index (Phi) is 7.15. The molecule has 4 rings (SSSR count). The normalized spacial score (nSPS) is 16.5. The van der Waals surface area contributed by atoms with Crippen LogP contribution in [0.15, 0.2) is 48.5 Å². The molecule has 2 aliphatic rings. The highest BCUT2D eigenvalue weighted by molar-refractivity contribution is 5.89. The van der Waals surface area contributed by atoms with E-state index in [-0.39, 0.29) is 24.4 Å². The Morgan fingerprint density at radius 3 is 2.03 bits per heavy atom. The predicted molar refractivity (Wildman–Crippen MR) is 133 cm³/mol. The van der Waals surface area contributed by atoms with Crippen LogP contribution in [0.25, 0.3) is 11.1 Å². The number of rotatable bonds is 9. The summed E-state index contributed by atoms with van der Waals surface area (Å²) in [6.07, 6.45) is 2.09. The largest absolute Gasteiger partial charge is 0.480 e. The molecule has 0 heterocycles. The molecule has 3 N–H and O–H groups in total. The second-order valence-electron chi connectivity index (χ2n) is 10.9. The standard InChI is InChI=1S/C28H34N2O5/c1-28(2,3)15-24(26(32)33)29-25(31)23(14-17-12-13-17)30-27(34)35-16-22-20-10-6-4-8-18(20)19-9-5-7-11-21(19)22/h4-11,17,22-24H,12-16H2,1-3H3,(H,29,31)(H,30,34)(H,32,33). The van der Waals surface area contributed by atoms with Gasteiger partial charge in [0.2, 0.25) is 5.91 Å². The highest BCUT2D eigenvalue weighted by Crippen LogP contribution is 2.44. The summed E-state index contributed by atoms with van der Waals surface area (Å²) in [5, 5.41) is 14.9. The molecule has 1 saturated carbocycles. The highest BCUT2D eigenvalue weighted by Gasteiger charge is 2.35. The first kappa shape index (κ1) is 24.8. The number of fused-ring (bicyclic) bond motifs is 3. The summed E-state index contributed by atoms with van der Waals surface area (Å²) in [5.74, 6) is -1.29. The predicted octanol–water partition coefficient (Wildman–Crippen LogP) is 4.70. The van der Waals surface area contributed by atoms with Crippen LogP contribution >= 0.6 is 0 Å². The molecule has 1 fully saturated rings. The van der Waals surface area contributed by atoms with Crippen molar-refractivity contribution in [3.8, 4) is 11.1 Å². The molecule has 7 heteroatoms. The van der Waals surface area contributed by atoms with Gasteiger partial charge in [0.15, 0.2) is 0 Å². The minimum atomic E-state index is -1.08. The zero-order valence-electron chi connectivity index (χ0n) is 20.5. The average molecular weight is 479 g/mol. The first-order valence-electron chi connectivity index (χ1n) is 12.3. The van der Waals surface area contributed by atoms with Gasteiger partial charge in [-0.15, -0.1) is 0 Å². The molecule has 0 saturated heterocycles. The Hall–Kier alpha value is -3.35. The topological polar surface area (TPSA) is 105 Å². The first-order valence-corrected chi connectivity index (χ1v) is 12.3. The third-order valence-corrected chi connectivity index (χ3v) is 6.65. The first-order chi connectivity index (χ1) is 16.6. The van der Waals surface area contributed by atoms with Gasteiger partial charge in [-0.1, -0.05) is 82.1 Å². The molecule has 0 bridgehead atoms. The van der Waals surface area contributed by atoms with Gasteiger partial charge in [-0.25, -0.2) is 9.59 Å². The number of nitrogens with one attached hydrogen (secondary N) is 2. The van der Waals surface area contributed by atoms with Gasteiger partial charge in [-0.05, 0) is 46.4 Å². The summed E-state index contributed by atoms with van der Waals surface area (Å²) in [4.78, 5) is 37.5. The molecular weight excluding hydrogens is 444 g/mol. The summed E-state index contributed by atoms with van der Waals surface area (Å²) in [7, 11) is 0. The number of carboxylic acids is 1. The smallest absolute Gasteiger partial charge is 0.407 e. The number of carboxylic acid groups (broad SMARTS) is 1. The van der Waals surface area contributed by atoms with Gasteiger partial charge in [-0.2, -0.15) is 0 Å². The van der Waals surface area contributed by atoms with Crippen molar-refractivity contribution in [1.82, 2.24) is 10.6 Å². The number of hydrogen-bond acceptors (Lipinski definition) is 4. The average Bonchev–Trinajstić information content (AvgIpc) is 3.56. The number of carbonyl (C=O) groups is 3. The maximum absolute atomic E-state index is 13.0. The maximum Gasteiger partial charge on any atom is 0.407 e. The van der Waals surface area contributed by atoms with Gasteiger partial charge >= 0.3 is 12.1 Å². The molecule has 35 heavy (non-hydrogen) atoms. The van der Waals surface area contributed by atoms with Gasteiger partial charge in [0, 0.05) is 5.92 Å². The Morgan fingerprint density at radius 2 is 1.51 bits per heavy atom. The molecule has 7 nitrogen and oxygen atoms in total. The summed E-state index contributed by atoms with van der Waals surface area (Å²) in [5.41, 5.74) is 4.23. The van der Waals surface area contributed by atoms with E-state index in [0.717, 1.165) is 35.1 Å². The number of aliphatic carboxylic acids is 1. The fourth-order valence-electron chi connectivity index (χ4n) is 4.79. The van der Waals surface area contributed by atoms with Crippen LogP contribution in [-0.2, 0) is 14.3 Å². The Labute approximate surface area is 206 Å². The quantitative estimate of drug-likeness (QED) is 0.485. The second-order valence-corrected chi connectivity index (χ2v) is 10.9. The van der Waals surface area contributed by atoms with Crippen molar-refractivity contribution in [3.63, 3.8) is 0 Å². The lowest BCUT2D eigenvalue weighted by Crippen LogP contribution is -2.52. The van der Waals surface area contributed by atoms with Crippen LogP contribution in [0.1, 0.15) is 63.5 Å². The van der Waals surface area contributed by atoms with E-state index in [9.17, 15) is 19.5 Å².